The molecule has 0 bridgehead atoms. The topological polar surface area (TPSA) is 0 Å². The second kappa shape index (κ2) is 3.93. The van der Waals surface area contributed by atoms with Gasteiger partial charge in [-0.05, 0) is 36.8 Å². The van der Waals surface area contributed by atoms with E-state index < -0.39 is 0 Å². The summed E-state index contributed by atoms with van der Waals surface area (Å²) in [6.07, 6.45) is 5.82. The number of allylic oxidation sites excluding steroid dienone is 4. The SMILES string of the molecule is CC1=CC(C)(C)CC(c2cccc(C)c2)=C1. The first-order chi connectivity index (χ1) is 7.46. The summed E-state index contributed by atoms with van der Waals surface area (Å²) in [6, 6.07) is 8.79. The fourth-order valence-electron chi connectivity index (χ4n) is 2.56. The maximum atomic E-state index is 2.37. The first-order valence-electron chi connectivity index (χ1n) is 5.93. The zero-order valence-electron chi connectivity index (χ0n) is 10.7. The van der Waals surface area contributed by atoms with E-state index in [0.29, 0.717) is 0 Å². The highest BCUT2D eigenvalue weighted by Crippen LogP contribution is 2.37. The largest absolute Gasteiger partial charge is 0.0756 e. The van der Waals surface area contributed by atoms with Crippen LogP contribution in [0, 0.1) is 12.3 Å². The summed E-state index contributed by atoms with van der Waals surface area (Å²) in [5.74, 6) is 0. The quantitative estimate of drug-likeness (QED) is 0.630. The second-order valence-corrected chi connectivity index (χ2v) is 5.59. The molecule has 0 amide bonds. The van der Waals surface area contributed by atoms with Crippen molar-refractivity contribution < 1.29 is 0 Å². The molecule has 0 spiro atoms. The average molecular weight is 212 g/mol. The van der Waals surface area contributed by atoms with Crippen LogP contribution in [-0.2, 0) is 0 Å². The van der Waals surface area contributed by atoms with Gasteiger partial charge in [0.15, 0.2) is 0 Å². The summed E-state index contributed by atoms with van der Waals surface area (Å²) < 4.78 is 0. The van der Waals surface area contributed by atoms with E-state index in [9.17, 15) is 0 Å². The molecule has 1 aromatic rings. The molecular weight excluding hydrogens is 192 g/mol. The third-order valence-electron chi connectivity index (χ3n) is 3.06. The molecule has 0 heteroatoms. The number of benzene rings is 1. The van der Waals surface area contributed by atoms with Crippen molar-refractivity contribution in [3.05, 3.63) is 53.1 Å². The molecule has 1 aliphatic carbocycles. The predicted octanol–water partition coefficient (Wildman–Crippen LogP) is 4.75. The maximum absolute atomic E-state index is 2.37. The van der Waals surface area contributed by atoms with Gasteiger partial charge in [-0.2, -0.15) is 0 Å². The molecule has 0 saturated carbocycles. The molecule has 0 radical (unpaired) electrons. The van der Waals surface area contributed by atoms with Crippen molar-refractivity contribution in [2.45, 2.75) is 34.1 Å². The van der Waals surface area contributed by atoms with Gasteiger partial charge in [0.25, 0.3) is 0 Å². The second-order valence-electron chi connectivity index (χ2n) is 5.59. The Kier molecular flexibility index (Phi) is 2.75. The van der Waals surface area contributed by atoms with Gasteiger partial charge < -0.3 is 0 Å². The summed E-state index contributed by atoms with van der Waals surface area (Å²) in [5.41, 5.74) is 5.85. The first kappa shape index (κ1) is 11.2. The Morgan fingerprint density at radius 3 is 2.50 bits per heavy atom. The highest BCUT2D eigenvalue weighted by atomic mass is 14.3. The first-order valence-corrected chi connectivity index (χ1v) is 5.93. The van der Waals surface area contributed by atoms with Crippen LogP contribution in [-0.4, -0.2) is 0 Å². The zero-order valence-corrected chi connectivity index (χ0v) is 10.7. The smallest absolute Gasteiger partial charge is 0.0129 e. The lowest BCUT2D eigenvalue weighted by Crippen LogP contribution is -2.12. The minimum atomic E-state index is 0.290. The Morgan fingerprint density at radius 1 is 1.12 bits per heavy atom. The lowest BCUT2D eigenvalue weighted by molar-refractivity contribution is 0.489. The van der Waals surface area contributed by atoms with Crippen LogP contribution in [0.4, 0.5) is 0 Å². The molecule has 0 aromatic heterocycles. The van der Waals surface area contributed by atoms with Crippen molar-refractivity contribution in [1.82, 2.24) is 0 Å². The molecule has 1 aromatic carbocycles. The van der Waals surface area contributed by atoms with Crippen molar-refractivity contribution in [1.29, 1.82) is 0 Å². The molecule has 84 valence electrons. The zero-order chi connectivity index (χ0) is 11.8. The Balaban J connectivity index is 2.39. The van der Waals surface area contributed by atoms with Crippen molar-refractivity contribution in [3.63, 3.8) is 0 Å². The summed E-state index contributed by atoms with van der Waals surface area (Å²) in [6.45, 7) is 8.95. The third kappa shape index (κ3) is 2.44. The van der Waals surface area contributed by atoms with Gasteiger partial charge in [0.1, 0.15) is 0 Å². The van der Waals surface area contributed by atoms with Crippen LogP contribution < -0.4 is 0 Å². The molecule has 0 fully saturated rings. The van der Waals surface area contributed by atoms with Gasteiger partial charge in [-0.1, -0.05) is 61.4 Å². The molecule has 0 N–H and O–H groups in total. The van der Waals surface area contributed by atoms with Crippen LogP contribution >= 0.6 is 0 Å². The predicted molar refractivity (Wildman–Crippen MR) is 71.3 cm³/mol. The Bertz CT molecular complexity index is 459. The molecule has 0 atom stereocenters. The number of hydrogen-bond donors (Lipinski definition) is 0. The van der Waals surface area contributed by atoms with E-state index in [0.717, 1.165) is 6.42 Å². The number of aryl methyl sites for hydroxylation is 1. The normalized spacial score (nSPS) is 19.0. The van der Waals surface area contributed by atoms with Crippen LogP contribution in [0.25, 0.3) is 5.57 Å². The molecule has 0 unspecified atom stereocenters. The van der Waals surface area contributed by atoms with Crippen LogP contribution in [0.15, 0.2) is 42.0 Å². The molecule has 2 rings (SSSR count). The molecule has 0 nitrogen and oxygen atoms in total. The van der Waals surface area contributed by atoms with Gasteiger partial charge in [-0.3, -0.25) is 0 Å². The van der Waals surface area contributed by atoms with Crippen molar-refractivity contribution in [2.75, 3.05) is 0 Å². The molecule has 1 aliphatic rings. The Hall–Kier alpha value is -1.30. The number of hydrogen-bond acceptors (Lipinski definition) is 0. The highest BCUT2D eigenvalue weighted by molar-refractivity contribution is 5.70. The summed E-state index contributed by atoms with van der Waals surface area (Å²) in [5, 5.41) is 0. The van der Waals surface area contributed by atoms with E-state index in [2.05, 4.69) is 64.1 Å². The summed E-state index contributed by atoms with van der Waals surface area (Å²) >= 11 is 0. The maximum Gasteiger partial charge on any atom is -0.0129 e. The summed E-state index contributed by atoms with van der Waals surface area (Å²) in [4.78, 5) is 0. The fraction of sp³-hybridized carbons (Fsp3) is 0.375. The fourth-order valence-corrected chi connectivity index (χ4v) is 2.56. The van der Waals surface area contributed by atoms with Gasteiger partial charge in [-0.25, -0.2) is 0 Å². The molecule has 0 aliphatic heterocycles. The molecule has 0 saturated heterocycles. The Morgan fingerprint density at radius 2 is 1.88 bits per heavy atom. The average Bonchev–Trinajstić information content (AvgIpc) is 2.14. The van der Waals surface area contributed by atoms with Gasteiger partial charge in [0, 0.05) is 0 Å². The third-order valence-corrected chi connectivity index (χ3v) is 3.06. The van der Waals surface area contributed by atoms with Crippen LogP contribution in [0.2, 0.25) is 0 Å². The van der Waals surface area contributed by atoms with Crippen LogP contribution in [0.3, 0.4) is 0 Å². The van der Waals surface area contributed by atoms with E-state index in [-0.39, 0.29) is 5.41 Å². The van der Waals surface area contributed by atoms with E-state index >= 15 is 0 Å². The van der Waals surface area contributed by atoms with Gasteiger partial charge >= 0.3 is 0 Å². The van der Waals surface area contributed by atoms with Gasteiger partial charge in [0.2, 0.25) is 0 Å². The minimum Gasteiger partial charge on any atom is -0.0756 e. The standard InChI is InChI=1S/C16H20/c1-12-6-5-7-14(8-12)15-9-13(2)10-16(3,4)11-15/h5-10H,11H2,1-4H3. The van der Waals surface area contributed by atoms with Crippen molar-refractivity contribution in [3.8, 4) is 0 Å². The highest BCUT2D eigenvalue weighted by Gasteiger charge is 2.21. The van der Waals surface area contributed by atoms with Crippen LogP contribution in [0.5, 0.6) is 0 Å². The summed E-state index contributed by atoms with van der Waals surface area (Å²) in [7, 11) is 0. The molecular formula is C16H20. The Labute approximate surface area is 98.7 Å². The lowest BCUT2D eigenvalue weighted by atomic mass is 9.78. The monoisotopic (exact) mass is 212 g/mol. The lowest BCUT2D eigenvalue weighted by Gasteiger charge is -2.27. The van der Waals surface area contributed by atoms with Crippen molar-refractivity contribution >= 4 is 5.57 Å². The van der Waals surface area contributed by atoms with E-state index in [1.807, 2.05) is 0 Å². The van der Waals surface area contributed by atoms with E-state index in [1.165, 1.54) is 22.3 Å². The molecule has 16 heavy (non-hydrogen) atoms. The van der Waals surface area contributed by atoms with Crippen molar-refractivity contribution in [2.24, 2.45) is 5.41 Å². The minimum absolute atomic E-state index is 0.290. The molecule has 0 heterocycles. The van der Waals surface area contributed by atoms with E-state index in [4.69, 9.17) is 0 Å². The van der Waals surface area contributed by atoms with Gasteiger partial charge in [0.05, 0.1) is 0 Å². The van der Waals surface area contributed by atoms with E-state index in [1.54, 1.807) is 0 Å². The van der Waals surface area contributed by atoms with Gasteiger partial charge in [-0.15, -0.1) is 0 Å². The van der Waals surface area contributed by atoms with Crippen LogP contribution in [0.1, 0.15) is 38.3 Å². The number of rotatable bonds is 1.